The molecule has 0 saturated carbocycles. The third-order valence-corrected chi connectivity index (χ3v) is 3.12. The third kappa shape index (κ3) is 15.5. The molecule has 1 aromatic carbocycles. The van der Waals surface area contributed by atoms with Gasteiger partial charge in [0.1, 0.15) is 0 Å². The Morgan fingerprint density at radius 3 is 1.59 bits per heavy atom. The van der Waals surface area contributed by atoms with Crippen LogP contribution in [0.1, 0.15) is 65.5 Å². The van der Waals surface area contributed by atoms with Crippen LogP contribution in [0.15, 0.2) is 73.3 Å². The van der Waals surface area contributed by atoms with Gasteiger partial charge in [-0.1, -0.05) is 77.9 Å². The Hall–Kier alpha value is -2.42. The highest BCUT2D eigenvalue weighted by molar-refractivity contribution is 5.17. The van der Waals surface area contributed by atoms with Gasteiger partial charge in [0, 0.05) is 25.1 Å². The molecular formula is C24H39N3. The Morgan fingerprint density at radius 1 is 0.852 bits per heavy atom. The molecule has 0 fully saturated rings. The number of aromatic nitrogens is 3. The molecule has 3 heteroatoms. The monoisotopic (exact) mass is 369 g/mol. The van der Waals surface area contributed by atoms with Gasteiger partial charge in [-0.25, -0.2) is 0 Å². The van der Waals surface area contributed by atoms with Crippen LogP contribution in [0.2, 0.25) is 0 Å². The van der Waals surface area contributed by atoms with Gasteiger partial charge in [0.15, 0.2) is 0 Å². The van der Waals surface area contributed by atoms with E-state index in [0.717, 1.165) is 6.54 Å². The summed E-state index contributed by atoms with van der Waals surface area (Å²) in [5, 5.41) is 4.05. The first-order chi connectivity index (χ1) is 13.1. The maximum atomic E-state index is 4.05. The summed E-state index contributed by atoms with van der Waals surface area (Å²) < 4.78 is 1.91. The average molecular weight is 370 g/mol. The van der Waals surface area contributed by atoms with E-state index in [0.29, 0.717) is 5.92 Å². The molecule has 0 radical (unpaired) electrons. The number of hydrogen-bond acceptors (Lipinski definition) is 2. The Kier molecular flexibility index (Phi) is 19.8. The van der Waals surface area contributed by atoms with E-state index in [2.05, 4.69) is 55.1 Å². The Balaban J connectivity index is 0. The van der Waals surface area contributed by atoms with Crippen molar-refractivity contribution in [2.45, 2.75) is 67.9 Å². The van der Waals surface area contributed by atoms with Crippen molar-refractivity contribution in [1.82, 2.24) is 14.8 Å². The smallest absolute Gasteiger partial charge is 0.0518 e. The molecular weight excluding hydrogens is 330 g/mol. The number of benzene rings is 1. The van der Waals surface area contributed by atoms with Crippen LogP contribution < -0.4 is 0 Å². The second-order valence-electron chi connectivity index (χ2n) is 5.46. The van der Waals surface area contributed by atoms with Crippen LogP contribution in [0.3, 0.4) is 0 Å². The van der Waals surface area contributed by atoms with Gasteiger partial charge in [-0.15, -0.1) is 0 Å². The minimum absolute atomic E-state index is 0.659. The summed E-state index contributed by atoms with van der Waals surface area (Å²) in [6.07, 6.45) is 7.39. The van der Waals surface area contributed by atoms with Crippen LogP contribution in [-0.2, 0) is 6.54 Å². The van der Waals surface area contributed by atoms with Crippen molar-refractivity contribution in [3.05, 3.63) is 84.4 Å². The predicted molar refractivity (Wildman–Crippen MR) is 120 cm³/mol. The maximum Gasteiger partial charge on any atom is 0.0518 e. The molecule has 0 amide bonds. The molecule has 0 aliphatic carbocycles. The lowest BCUT2D eigenvalue weighted by Gasteiger charge is -2.01. The van der Waals surface area contributed by atoms with Gasteiger partial charge in [0.25, 0.3) is 0 Å². The molecule has 3 nitrogen and oxygen atoms in total. The summed E-state index contributed by atoms with van der Waals surface area (Å²) in [5.74, 6) is 0.659. The van der Waals surface area contributed by atoms with Gasteiger partial charge in [-0.3, -0.25) is 9.67 Å². The molecule has 0 unspecified atom stereocenters. The molecule has 0 aliphatic heterocycles. The standard InChI is InChI=1S/C9H12.C6H10N2.C5H5N.2C2H6/c1-8(2)9-6-4-3-5-7-9;1-3-8-5-6(2)4-7-8;1-2-4-6-5-3-1;2*1-2/h3-8H,1-2H3;4-5H,3H2,1-2H3;1-5H;2*1-2H3. The molecule has 0 saturated heterocycles. The lowest BCUT2D eigenvalue weighted by atomic mass is 10.0. The highest BCUT2D eigenvalue weighted by atomic mass is 15.3. The molecule has 150 valence electrons. The molecule has 0 bridgehead atoms. The summed E-state index contributed by atoms with van der Waals surface area (Å²) in [6.45, 7) is 17.5. The first-order valence-corrected chi connectivity index (χ1v) is 10.0. The first kappa shape index (κ1) is 26.8. The number of aryl methyl sites for hydroxylation is 2. The molecule has 3 rings (SSSR count). The van der Waals surface area contributed by atoms with E-state index in [4.69, 9.17) is 0 Å². The summed E-state index contributed by atoms with van der Waals surface area (Å²) >= 11 is 0. The number of nitrogens with zero attached hydrogens (tertiary/aromatic N) is 3. The fourth-order valence-electron chi connectivity index (χ4n) is 1.79. The molecule has 27 heavy (non-hydrogen) atoms. The predicted octanol–water partition coefficient (Wildman–Crippen LogP) is 7.16. The van der Waals surface area contributed by atoms with Crippen LogP contribution in [0.4, 0.5) is 0 Å². The summed E-state index contributed by atoms with van der Waals surface area (Å²) in [5.41, 5.74) is 2.64. The molecule has 0 atom stereocenters. The van der Waals surface area contributed by atoms with Gasteiger partial charge in [-0.2, -0.15) is 5.10 Å². The van der Waals surface area contributed by atoms with Gasteiger partial charge < -0.3 is 0 Å². The fourth-order valence-corrected chi connectivity index (χ4v) is 1.79. The molecule has 2 aromatic heterocycles. The minimum Gasteiger partial charge on any atom is -0.273 e. The maximum absolute atomic E-state index is 4.05. The lowest BCUT2D eigenvalue weighted by molar-refractivity contribution is 0.659. The highest BCUT2D eigenvalue weighted by Gasteiger charge is 1.93. The highest BCUT2D eigenvalue weighted by Crippen LogP contribution is 2.11. The van der Waals surface area contributed by atoms with E-state index in [1.54, 1.807) is 12.4 Å². The Morgan fingerprint density at radius 2 is 1.37 bits per heavy atom. The topological polar surface area (TPSA) is 30.7 Å². The molecule has 2 heterocycles. The average Bonchev–Trinajstić information content (AvgIpc) is 3.19. The number of rotatable bonds is 2. The quantitative estimate of drug-likeness (QED) is 0.480. The molecule has 3 aromatic rings. The van der Waals surface area contributed by atoms with Crippen molar-refractivity contribution >= 4 is 0 Å². The van der Waals surface area contributed by atoms with Crippen molar-refractivity contribution < 1.29 is 0 Å². The molecule has 0 N–H and O–H groups in total. The van der Waals surface area contributed by atoms with Gasteiger partial charge in [-0.05, 0) is 43.0 Å². The Labute approximate surface area is 167 Å². The minimum atomic E-state index is 0.659. The zero-order valence-electron chi connectivity index (χ0n) is 18.6. The van der Waals surface area contributed by atoms with Crippen molar-refractivity contribution in [2.75, 3.05) is 0 Å². The van der Waals surface area contributed by atoms with Gasteiger partial charge in [0.05, 0.1) is 6.20 Å². The first-order valence-electron chi connectivity index (χ1n) is 10.0. The van der Waals surface area contributed by atoms with E-state index in [-0.39, 0.29) is 0 Å². The van der Waals surface area contributed by atoms with E-state index >= 15 is 0 Å². The lowest BCUT2D eigenvalue weighted by Crippen LogP contribution is -1.91. The van der Waals surface area contributed by atoms with Crippen molar-refractivity contribution in [3.63, 3.8) is 0 Å². The second kappa shape index (κ2) is 19.9. The third-order valence-electron chi connectivity index (χ3n) is 3.12. The van der Waals surface area contributed by atoms with Crippen LogP contribution >= 0.6 is 0 Å². The fraction of sp³-hybridized carbons (Fsp3) is 0.417. The van der Waals surface area contributed by atoms with Crippen LogP contribution in [0, 0.1) is 6.92 Å². The SMILES string of the molecule is CC.CC.CC(C)c1ccccc1.CCn1cc(C)cn1.c1ccncc1. The van der Waals surface area contributed by atoms with E-state index in [1.165, 1.54) is 11.1 Å². The van der Waals surface area contributed by atoms with Crippen molar-refractivity contribution in [1.29, 1.82) is 0 Å². The van der Waals surface area contributed by atoms with E-state index < -0.39 is 0 Å². The van der Waals surface area contributed by atoms with Crippen LogP contribution in [0.5, 0.6) is 0 Å². The number of hydrogen-bond donors (Lipinski definition) is 0. The number of pyridine rings is 1. The summed E-state index contributed by atoms with van der Waals surface area (Å²) in [4.78, 5) is 3.78. The second-order valence-corrected chi connectivity index (χ2v) is 5.46. The van der Waals surface area contributed by atoms with Crippen molar-refractivity contribution in [2.24, 2.45) is 0 Å². The summed E-state index contributed by atoms with van der Waals surface area (Å²) in [7, 11) is 0. The Bertz CT molecular complexity index is 590. The van der Waals surface area contributed by atoms with E-state index in [9.17, 15) is 0 Å². The zero-order valence-corrected chi connectivity index (χ0v) is 18.6. The van der Waals surface area contributed by atoms with Crippen molar-refractivity contribution in [3.8, 4) is 0 Å². The van der Waals surface area contributed by atoms with Crippen LogP contribution in [0.25, 0.3) is 0 Å². The zero-order chi connectivity index (χ0) is 20.9. The van der Waals surface area contributed by atoms with Gasteiger partial charge >= 0.3 is 0 Å². The van der Waals surface area contributed by atoms with Crippen LogP contribution in [-0.4, -0.2) is 14.8 Å². The molecule has 0 spiro atoms. The summed E-state index contributed by atoms with van der Waals surface area (Å²) in [6, 6.07) is 16.2. The molecule has 0 aliphatic rings. The normalized spacial score (nSPS) is 8.48. The van der Waals surface area contributed by atoms with Gasteiger partial charge in [0.2, 0.25) is 0 Å². The van der Waals surface area contributed by atoms with E-state index in [1.807, 2.05) is 76.0 Å². The largest absolute Gasteiger partial charge is 0.273 e.